The molecule has 0 unspecified atom stereocenters. The van der Waals surface area contributed by atoms with Crippen molar-refractivity contribution in [2.75, 3.05) is 6.54 Å². The normalized spacial score (nSPS) is 11.4. The van der Waals surface area contributed by atoms with E-state index in [0.29, 0.717) is 24.7 Å². The van der Waals surface area contributed by atoms with Crippen LogP contribution in [-0.4, -0.2) is 35.7 Å². The summed E-state index contributed by atoms with van der Waals surface area (Å²) in [5.74, 6) is -0.148. The van der Waals surface area contributed by atoms with Gasteiger partial charge in [-0.2, -0.15) is 0 Å². The minimum Gasteiger partial charge on any atom is -0.489 e. The summed E-state index contributed by atoms with van der Waals surface area (Å²) in [5.41, 5.74) is 1.88. The third-order valence-corrected chi connectivity index (χ3v) is 3.88. The van der Waals surface area contributed by atoms with E-state index in [1.165, 1.54) is 19.1 Å². The van der Waals surface area contributed by atoms with Crippen LogP contribution >= 0.6 is 0 Å². The first-order valence-electron chi connectivity index (χ1n) is 8.76. The number of aryl methyl sites for hydroxylation is 2. The number of carbonyl (C=O) groups is 3. The Morgan fingerprint density at radius 3 is 2.43 bits per heavy atom. The van der Waals surface area contributed by atoms with Gasteiger partial charge in [0.2, 0.25) is 0 Å². The van der Waals surface area contributed by atoms with Crippen LogP contribution in [0.15, 0.2) is 28.8 Å². The number of hydrogen-bond donors (Lipinski definition) is 2. The summed E-state index contributed by atoms with van der Waals surface area (Å²) in [5, 5.41) is 8.36. The molecule has 0 aliphatic carbocycles. The molecule has 1 atom stereocenters. The third-order valence-electron chi connectivity index (χ3n) is 3.88. The van der Waals surface area contributed by atoms with Crippen molar-refractivity contribution in [2.45, 2.75) is 40.4 Å². The molecule has 1 heterocycles. The smallest absolute Gasteiger partial charge is 0.338 e. The topological polar surface area (TPSA) is 120 Å². The molecule has 9 heteroatoms. The number of amides is 3. The predicted octanol–water partition coefficient (Wildman–Crippen LogP) is 2.26. The molecule has 2 rings (SSSR count). The van der Waals surface area contributed by atoms with Gasteiger partial charge in [-0.15, -0.1) is 0 Å². The number of aromatic nitrogens is 1. The number of nitrogens with zero attached hydrogens (tertiary/aromatic N) is 1. The van der Waals surface area contributed by atoms with Crippen molar-refractivity contribution in [3.63, 3.8) is 0 Å². The SMILES string of the molecule is CCNC(=O)NC(=O)[C@H](C)OC(=O)c1ccc(OCc2c(C)noc2C)cc1. The van der Waals surface area contributed by atoms with Gasteiger partial charge < -0.3 is 19.3 Å². The van der Waals surface area contributed by atoms with Crippen LogP contribution in [0.3, 0.4) is 0 Å². The number of esters is 1. The van der Waals surface area contributed by atoms with Gasteiger partial charge in [0.15, 0.2) is 6.10 Å². The molecule has 0 aliphatic heterocycles. The van der Waals surface area contributed by atoms with Gasteiger partial charge in [-0.3, -0.25) is 10.1 Å². The van der Waals surface area contributed by atoms with Crippen LogP contribution in [0.1, 0.15) is 41.2 Å². The minimum absolute atomic E-state index is 0.252. The Kier molecular flexibility index (Phi) is 7.14. The number of carbonyl (C=O) groups excluding carboxylic acids is 3. The Morgan fingerprint density at radius 1 is 1.18 bits per heavy atom. The van der Waals surface area contributed by atoms with Gasteiger partial charge in [0.1, 0.15) is 18.1 Å². The van der Waals surface area contributed by atoms with E-state index in [-0.39, 0.29) is 5.56 Å². The third kappa shape index (κ3) is 5.57. The Balaban J connectivity index is 1.89. The summed E-state index contributed by atoms with van der Waals surface area (Å²) >= 11 is 0. The zero-order chi connectivity index (χ0) is 20.7. The molecule has 0 saturated heterocycles. The van der Waals surface area contributed by atoms with Crippen molar-refractivity contribution < 1.29 is 28.4 Å². The summed E-state index contributed by atoms with van der Waals surface area (Å²) in [4.78, 5) is 35.3. The molecule has 9 nitrogen and oxygen atoms in total. The van der Waals surface area contributed by atoms with Crippen LogP contribution < -0.4 is 15.4 Å². The van der Waals surface area contributed by atoms with Crippen LogP contribution in [0.25, 0.3) is 0 Å². The Labute approximate surface area is 162 Å². The molecule has 1 aromatic carbocycles. The van der Waals surface area contributed by atoms with E-state index in [2.05, 4.69) is 15.8 Å². The number of rotatable bonds is 7. The standard InChI is InChI=1S/C19H23N3O6/c1-5-20-19(25)21-17(23)13(4)27-18(24)14-6-8-15(9-7-14)26-10-16-11(2)22-28-12(16)3/h6-9,13H,5,10H2,1-4H3,(H2,20,21,23,25)/t13-/m0/s1. The molecule has 0 saturated carbocycles. The average molecular weight is 389 g/mol. The van der Waals surface area contributed by atoms with E-state index in [0.717, 1.165) is 11.3 Å². The molecule has 2 N–H and O–H groups in total. The maximum Gasteiger partial charge on any atom is 0.338 e. The maximum absolute atomic E-state index is 12.2. The van der Waals surface area contributed by atoms with Crippen LogP contribution in [-0.2, 0) is 16.1 Å². The number of imide groups is 1. The molecule has 2 aromatic rings. The highest BCUT2D eigenvalue weighted by Gasteiger charge is 2.20. The maximum atomic E-state index is 12.2. The Morgan fingerprint density at radius 2 is 1.86 bits per heavy atom. The molecule has 0 spiro atoms. The van der Waals surface area contributed by atoms with Gasteiger partial charge in [-0.25, -0.2) is 9.59 Å². The summed E-state index contributed by atoms with van der Waals surface area (Å²) in [6, 6.07) is 5.65. The molecule has 0 radical (unpaired) electrons. The van der Waals surface area contributed by atoms with Crippen molar-refractivity contribution in [3.05, 3.63) is 46.8 Å². The summed E-state index contributed by atoms with van der Waals surface area (Å²) in [7, 11) is 0. The van der Waals surface area contributed by atoms with E-state index < -0.39 is 24.0 Å². The Hall–Kier alpha value is -3.36. The van der Waals surface area contributed by atoms with Crippen LogP contribution in [0.2, 0.25) is 0 Å². The van der Waals surface area contributed by atoms with Crippen molar-refractivity contribution in [1.29, 1.82) is 0 Å². The van der Waals surface area contributed by atoms with Gasteiger partial charge in [0.05, 0.1) is 16.8 Å². The minimum atomic E-state index is -1.12. The quantitative estimate of drug-likeness (QED) is 0.697. The summed E-state index contributed by atoms with van der Waals surface area (Å²) in [6.45, 7) is 7.40. The zero-order valence-corrected chi connectivity index (χ0v) is 16.2. The lowest BCUT2D eigenvalue weighted by atomic mass is 10.2. The van der Waals surface area contributed by atoms with E-state index in [4.69, 9.17) is 14.0 Å². The van der Waals surface area contributed by atoms with Gasteiger partial charge in [0.25, 0.3) is 5.91 Å². The first kappa shape index (κ1) is 20.9. The lowest BCUT2D eigenvalue weighted by Gasteiger charge is -2.13. The predicted molar refractivity (Wildman–Crippen MR) is 98.8 cm³/mol. The number of nitrogens with one attached hydrogen (secondary N) is 2. The number of benzene rings is 1. The fourth-order valence-corrected chi connectivity index (χ4v) is 2.25. The second kappa shape index (κ2) is 9.54. The second-order valence-electron chi connectivity index (χ2n) is 6.01. The first-order valence-corrected chi connectivity index (χ1v) is 8.76. The Bertz CT molecular complexity index is 824. The van der Waals surface area contributed by atoms with Crippen molar-refractivity contribution >= 4 is 17.9 Å². The molecular formula is C19H23N3O6. The molecule has 1 aromatic heterocycles. The average Bonchev–Trinajstić information content (AvgIpc) is 2.98. The van der Waals surface area contributed by atoms with Gasteiger partial charge in [-0.05, 0) is 52.0 Å². The molecular weight excluding hydrogens is 366 g/mol. The van der Waals surface area contributed by atoms with Crippen molar-refractivity contribution in [3.8, 4) is 5.75 Å². The highest BCUT2D eigenvalue weighted by atomic mass is 16.5. The number of ether oxygens (including phenoxy) is 2. The molecule has 28 heavy (non-hydrogen) atoms. The lowest BCUT2D eigenvalue weighted by molar-refractivity contribution is -0.127. The van der Waals surface area contributed by atoms with Gasteiger partial charge in [-0.1, -0.05) is 5.16 Å². The monoisotopic (exact) mass is 389 g/mol. The van der Waals surface area contributed by atoms with Gasteiger partial charge in [0, 0.05) is 6.54 Å². The molecule has 150 valence electrons. The summed E-state index contributed by atoms with van der Waals surface area (Å²) < 4.78 is 15.8. The van der Waals surface area contributed by atoms with Crippen molar-refractivity contribution in [2.24, 2.45) is 0 Å². The van der Waals surface area contributed by atoms with E-state index in [1.807, 2.05) is 6.92 Å². The van der Waals surface area contributed by atoms with E-state index >= 15 is 0 Å². The molecule has 0 fully saturated rings. The highest BCUT2D eigenvalue weighted by molar-refractivity contribution is 5.98. The fourth-order valence-electron chi connectivity index (χ4n) is 2.25. The second-order valence-corrected chi connectivity index (χ2v) is 6.01. The largest absolute Gasteiger partial charge is 0.489 e. The summed E-state index contributed by atoms with van der Waals surface area (Å²) in [6.07, 6.45) is -1.12. The van der Waals surface area contributed by atoms with Crippen LogP contribution in [0, 0.1) is 13.8 Å². The fraction of sp³-hybridized carbons (Fsp3) is 0.368. The van der Waals surface area contributed by atoms with E-state index in [1.54, 1.807) is 26.0 Å². The number of hydrogen-bond acceptors (Lipinski definition) is 7. The zero-order valence-electron chi connectivity index (χ0n) is 16.2. The van der Waals surface area contributed by atoms with Crippen molar-refractivity contribution in [1.82, 2.24) is 15.8 Å². The van der Waals surface area contributed by atoms with Gasteiger partial charge >= 0.3 is 12.0 Å². The number of urea groups is 1. The highest BCUT2D eigenvalue weighted by Crippen LogP contribution is 2.18. The molecule has 0 aliphatic rings. The molecule has 0 bridgehead atoms. The first-order chi connectivity index (χ1) is 13.3. The van der Waals surface area contributed by atoms with E-state index in [9.17, 15) is 14.4 Å². The lowest BCUT2D eigenvalue weighted by Crippen LogP contribution is -2.44. The molecule has 3 amide bonds. The van der Waals surface area contributed by atoms with Crippen LogP contribution in [0.4, 0.5) is 4.79 Å². The van der Waals surface area contributed by atoms with Crippen LogP contribution in [0.5, 0.6) is 5.75 Å².